The molecule has 0 amide bonds. The van der Waals surface area contributed by atoms with Gasteiger partial charge in [0, 0.05) is 11.9 Å². The lowest BCUT2D eigenvalue weighted by molar-refractivity contribution is 0.595. The molecule has 90 valence electrons. The minimum absolute atomic E-state index is 0.273. The molecule has 0 saturated carbocycles. The van der Waals surface area contributed by atoms with Crippen molar-refractivity contribution in [3.05, 3.63) is 52.0 Å². The molecule has 2 heterocycles. The van der Waals surface area contributed by atoms with Crippen molar-refractivity contribution in [2.45, 2.75) is 26.3 Å². The van der Waals surface area contributed by atoms with Crippen molar-refractivity contribution < 1.29 is 0 Å². The van der Waals surface area contributed by atoms with Gasteiger partial charge in [0.2, 0.25) is 0 Å². The van der Waals surface area contributed by atoms with Gasteiger partial charge in [0.25, 0.3) is 0 Å². The summed E-state index contributed by atoms with van der Waals surface area (Å²) >= 11 is 1.74. The van der Waals surface area contributed by atoms with E-state index < -0.39 is 0 Å². The van der Waals surface area contributed by atoms with Gasteiger partial charge < -0.3 is 5.32 Å². The van der Waals surface area contributed by atoms with E-state index in [9.17, 15) is 0 Å². The average molecular weight is 246 g/mol. The molecule has 17 heavy (non-hydrogen) atoms. The van der Waals surface area contributed by atoms with E-state index in [1.165, 1.54) is 11.1 Å². The Kier molecular flexibility index (Phi) is 4.29. The van der Waals surface area contributed by atoms with Gasteiger partial charge >= 0.3 is 0 Å². The molecule has 0 aliphatic carbocycles. The minimum Gasteiger partial charge on any atom is -0.306 e. The maximum absolute atomic E-state index is 4.38. The van der Waals surface area contributed by atoms with Crippen molar-refractivity contribution in [1.82, 2.24) is 10.3 Å². The molecular weight excluding hydrogens is 228 g/mol. The first-order valence-electron chi connectivity index (χ1n) is 6.00. The third kappa shape index (κ3) is 2.93. The van der Waals surface area contributed by atoms with E-state index in [-0.39, 0.29) is 6.04 Å². The molecule has 0 aromatic carbocycles. The quantitative estimate of drug-likeness (QED) is 0.873. The molecule has 0 radical (unpaired) electrons. The van der Waals surface area contributed by atoms with E-state index in [0.717, 1.165) is 18.7 Å². The summed E-state index contributed by atoms with van der Waals surface area (Å²) in [6.45, 7) is 5.28. The number of hydrogen-bond acceptors (Lipinski definition) is 3. The van der Waals surface area contributed by atoms with Crippen LogP contribution in [0.4, 0.5) is 0 Å². The lowest BCUT2D eigenvalue weighted by atomic mass is 10.00. The van der Waals surface area contributed by atoms with E-state index in [4.69, 9.17) is 0 Å². The van der Waals surface area contributed by atoms with Crippen LogP contribution in [0.2, 0.25) is 0 Å². The Morgan fingerprint density at radius 2 is 2.29 bits per heavy atom. The molecule has 2 aromatic heterocycles. The summed E-state index contributed by atoms with van der Waals surface area (Å²) in [4.78, 5) is 4.38. The van der Waals surface area contributed by atoms with Gasteiger partial charge in [-0.25, -0.2) is 0 Å². The maximum Gasteiger partial charge on any atom is 0.0602 e. The monoisotopic (exact) mass is 246 g/mol. The van der Waals surface area contributed by atoms with Crippen molar-refractivity contribution in [1.29, 1.82) is 0 Å². The van der Waals surface area contributed by atoms with Crippen LogP contribution in [-0.2, 0) is 0 Å². The molecule has 0 fully saturated rings. The largest absolute Gasteiger partial charge is 0.306 e. The van der Waals surface area contributed by atoms with Crippen LogP contribution in [0.1, 0.15) is 36.2 Å². The second-order valence-corrected chi connectivity index (χ2v) is 4.90. The smallest absolute Gasteiger partial charge is 0.0602 e. The van der Waals surface area contributed by atoms with E-state index >= 15 is 0 Å². The molecule has 2 aromatic rings. The van der Waals surface area contributed by atoms with Gasteiger partial charge in [0.05, 0.1) is 6.04 Å². The highest BCUT2D eigenvalue weighted by Crippen LogP contribution is 2.25. The third-order valence-corrected chi connectivity index (χ3v) is 3.54. The number of thiophene rings is 1. The number of hydrogen-bond donors (Lipinski definition) is 1. The Morgan fingerprint density at radius 1 is 1.41 bits per heavy atom. The molecule has 0 saturated heterocycles. The maximum atomic E-state index is 4.38. The van der Waals surface area contributed by atoms with Crippen LogP contribution in [0.25, 0.3) is 0 Å². The molecule has 3 heteroatoms. The number of nitrogens with one attached hydrogen (secondary N) is 1. The first kappa shape index (κ1) is 12.3. The van der Waals surface area contributed by atoms with E-state index in [0.29, 0.717) is 0 Å². The predicted molar refractivity (Wildman–Crippen MR) is 73.4 cm³/mol. The van der Waals surface area contributed by atoms with Crippen LogP contribution < -0.4 is 5.32 Å². The molecule has 0 bridgehead atoms. The van der Waals surface area contributed by atoms with Crippen molar-refractivity contribution in [3.8, 4) is 0 Å². The van der Waals surface area contributed by atoms with Crippen LogP contribution in [0.3, 0.4) is 0 Å². The highest BCUT2D eigenvalue weighted by molar-refractivity contribution is 7.08. The van der Waals surface area contributed by atoms with Gasteiger partial charge in [-0.2, -0.15) is 11.3 Å². The molecule has 1 N–H and O–H groups in total. The highest BCUT2D eigenvalue weighted by atomic mass is 32.1. The molecular formula is C14H18N2S. The van der Waals surface area contributed by atoms with E-state index in [2.05, 4.69) is 47.0 Å². The number of pyridine rings is 1. The summed E-state index contributed by atoms with van der Waals surface area (Å²) in [7, 11) is 0. The topological polar surface area (TPSA) is 24.9 Å². The fourth-order valence-electron chi connectivity index (χ4n) is 1.94. The zero-order chi connectivity index (χ0) is 12.1. The second-order valence-electron chi connectivity index (χ2n) is 4.12. The summed E-state index contributed by atoms with van der Waals surface area (Å²) in [5.41, 5.74) is 3.71. The van der Waals surface area contributed by atoms with Crippen LogP contribution in [-0.4, -0.2) is 11.5 Å². The van der Waals surface area contributed by atoms with Crippen LogP contribution in [0.5, 0.6) is 0 Å². The van der Waals surface area contributed by atoms with Crippen LogP contribution in [0.15, 0.2) is 35.2 Å². The van der Waals surface area contributed by atoms with Crippen molar-refractivity contribution in [2.75, 3.05) is 6.54 Å². The second kappa shape index (κ2) is 5.94. The van der Waals surface area contributed by atoms with Crippen molar-refractivity contribution in [2.24, 2.45) is 0 Å². The fraction of sp³-hybridized carbons (Fsp3) is 0.357. The summed E-state index contributed by atoms with van der Waals surface area (Å²) in [5, 5.41) is 7.93. The van der Waals surface area contributed by atoms with E-state index in [1.807, 2.05) is 12.3 Å². The number of nitrogens with zero attached hydrogens (tertiary/aromatic N) is 1. The summed E-state index contributed by atoms with van der Waals surface area (Å²) in [6, 6.07) is 6.63. The summed E-state index contributed by atoms with van der Waals surface area (Å²) in [5.74, 6) is 0. The van der Waals surface area contributed by atoms with Crippen molar-refractivity contribution in [3.63, 3.8) is 0 Å². The number of rotatable bonds is 5. The fourth-order valence-corrected chi connectivity index (χ4v) is 2.62. The zero-order valence-corrected chi connectivity index (χ0v) is 11.1. The van der Waals surface area contributed by atoms with Gasteiger partial charge in [-0.1, -0.05) is 13.0 Å². The van der Waals surface area contributed by atoms with Gasteiger partial charge in [-0.15, -0.1) is 0 Å². The molecule has 2 rings (SSSR count). The summed E-state index contributed by atoms with van der Waals surface area (Å²) < 4.78 is 0. The Balaban J connectivity index is 2.30. The summed E-state index contributed by atoms with van der Waals surface area (Å²) in [6.07, 6.45) is 2.99. The van der Waals surface area contributed by atoms with Gasteiger partial charge in [0.1, 0.15) is 0 Å². The standard InChI is InChI=1S/C14H18N2S/c1-3-7-16-14(12-6-9-17-10-12)13-5-4-8-15-11(13)2/h4-6,8-10,14,16H,3,7H2,1-2H3. The van der Waals surface area contributed by atoms with E-state index in [1.54, 1.807) is 11.3 Å². The number of aryl methyl sites for hydroxylation is 1. The molecule has 2 nitrogen and oxygen atoms in total. The average Bonchev–Trinajstić information content (AvgIpc) is 2.85. The van der Waals surface area contributed by atoms with Crippen molar-refractivity contribution >= 4 is 11.3 Å². The van der Waals surface area contributed by atoms with Crippen LogP contribution in [0, 0.1) is 6.92 Å². The predicted octanol–water partition coefficient (Wildman–Crippen LogP) is 3.54. The molecule has 1 unspecified atom stereocenters. The van der Waals surface area contributed by atoms with Gasteiger partial charge in [-0.3, -0.25) is 4.98 Å². The molecule has 0 aliphatic heterocycles. The Labute approximate surface area is 107 Å². The number of aromatic nitrogens is 1. The van der Waals surface area contributed by atoms with Gasteiger partial charge in [-0.05, 0) is 53.9 Å². The van der Waals surface area contributed by atoms with Crippen LogP contribution >= 0.6 is 11.3 Å². The van der Waals surface area contributed by atoms with Gasteiger partial charge in [0.15, 0.2) is 0 Å². The Hall–Kier alpha value is -1.19. The lowest BCUT2D eigenvalue weighted by Gasteiger charge is -2.19. The zero-order valence-electron chi connectivity index (χ0n) is 10.3. The Bertz CT molecular complexity index is 451. The normalized spacial score (nSPS) is 12.6. The lowest BCUT2D eigenvalue weighted by Crippen LogP contribution is -2.23. The Morgan fingerprint density at radius 3 is 2.94 bits per heavy atom. The third-order valence-electron chi connectivity index (χ3n) is 2.83. The minimum atomic E-state index is 0.273. The molecule has 1 atom stereocenters. The first-order valence-corrected chi connectivity index (χ1v) is 6.94. The molecule has 0 aliphatic rings. The first-order chi connectivity index (χ1) is 8.33. The molecule has 0 spiro atoms. The SMILES string of the molecule is CCCNC(c1ccsc1)c1cccnc1C. The highest BCUT2D eigenvalue weighted by Gasteiger charge is 2.15.